The Balaban J connectivity index is 1.86. The second-order valence-corrected chi connectivity index (χ2v) is 12.2. The van der Waals surface area contributed by atoms with Crippen LogP contribution in [-0.2, 0) is 38.1 Å². The van der Waals surface area contributed by atoms with Gasteiger partial charge in [0.05, 0.1) is 35.2 Å². The number of esters is 4. The monoisotopic (exact) mass is 554 g/mol. The summed E-state index contributed by atoms with van der Waals surface area (Å²) in [5.41, 5.74) is -5.60. The lowest BCUT2D eigenvalue weighted by Crippen LogP contribution is -2.76. The molecule has 0 bridgehead atoms. The molecule has 0 aromatic carbocycles. The minimum absolute atomic E-state index is 0.0118. The van der Waals surface area contributed by atoms with Gasteiger partial charge in [0.1, 0.15) is 18.8 Å². The van der Waals surface area contributed by atoms with E-state index in [4.69, 9.17) is 18.9 Å². The molecule has 4 rings (SSSR count). The first-order chi connectivity index (χ1) is 18.1. The summed E-state index contributed by atoms with van der Waals surface area (Å²) in [6.07, 6.45) is -1.88. The molecule has 11 heteroatoms. The van der Waals surface area contributed by atoms with Crippen molar-refractivity contribution in [3.8, 4) is 0 Å². The minimum atomic E-state index is -1.66. The van der Waals surface area contributed by atoms with Crippen molar-refractivity contribution in [1.29, 1.82) is 0 Å². The summed E-state index contributed by atoms with van der Waals surface area (Å²) in [5.74, 6) is -4.21. The zero-order valence-electron chi connectivity index (χ0n) is 23.4. The second kappa shape index (κ2) is 10.3. The summed E-state index contributed by atoms with van der Waals surface area (Å²) in [6, 6.07) is 0. The van der Waals surface area contributed by atoms with Crippen molar-refractivity contribution in [3.63, 3.8) is 0 Å². The summed E-state index contributed by atoms with van der Waals surface area (Å²) in [7, 11) is 0. The Morgan fingerprint density at radius 3 is 2.15 bits per heavy atom. The topological polar surface area (TPSA) is 166 Å². The van der Waals surface area contributed by atoms with Crippen molar-refractivity contribution in [2.45, 2.75) is 109 Å². The van der Waals surface area contributed by atoms with Gasteiger partial charge in [-0.05, 0) is 44.9 Å². The molecule has 39 heavy (non-hydrogen) atoms. The molecule has 4 fully saturated rings. The molecule has 0 aromatic rings. The van der Waals surface area contributed by atoms with Crippen LogP contribution >= 0.6 is 0 Å². The number of fused-ring (bicyclic) bond motifs is 5. The van der Waals surface area contributed by atoms with Gasteiger partial charge in [-0.15, -0.1) is 0 Å². The first-order valence-corrected chi connectivity index (χ1v) is 13.9. The molecule has 0 saturated heterocycles. The number of aliphatic hydroxyl groups is 3. The van der Waals surface area contributed by atoms with Gasteiger partial charge in [-0.3, -0.25) is 19.2 Å². The molecule has 0 aliphatic heterocycles. The molecule has 10 atom stereocenters. The average Bonchev–Trinajstić information content (AvgIpc) is 3.08. The maximum Gasteiger partial charge on any atom is 0.309 e. The lowest BCUT2D eigenvalue weighted by Gasteiger charge is -2.68. The third-order valence-electron chi connectivity index (χ3n) is 10.4. The first kappa shape index (κ1) is 29.7. The predicted octanol–water partition coefficient (Wildman–Crippen LogP) is 1.43. The molecule has 4 aliphatic carbocycles. The van der Waals surface area contributed by atoms with E-state index >= 15 is 0 Å². The molecule has 0 amide bonds. The number of hydrogen-bond donors (Lipinski definition) is 3. The van der Waals surface area contributed by atoms with Crippen LogP contribution in [0.15, 0.2) is 0 Å². The maximum atomic E-state index is 13.0. The van der Waals surface area contributed by atoms with Crippen LogP contribution < -0.4 is 0 Å². The van der Waals surface area contributed by atoms with Crippen molar-refractivity contribution in [3.05, 3.63) is 0 Å². The summed E-state index contributed by atoms with van der Waals surface area (Å²) in [4.78, 5) is 49.2. The zero-order chi connectivity index (χ0) is 29.0. The molecule has 3 N–H and O–H groups in total. The number of rotatable bonds is 6. The van der Waals surface area contributed by atoms with Crippen LogP contribution in [0.1, 0.15) is 79.6 Å². The third-order valence-corrected chi connectivity index (χ3v) is 10.4. The number of ether oxygens (including phenoxy) is 4. The molecule has 4 aliphatic rings. The van der Waals surface area contributed by atoms with E-state index in [1.54, 1.807) is 6.92 Å². The predicted molar refractivity (Wildman–Crippen MR) is 134 cm³/mol. The molecule has 0 heterocycles. The van der Waals surface area contributed by atoms with Crippen molar-refractivity contribution in [2.24, 2.45) is 28.6 Å². The number of carbonyl (C=O) groups is 4. The zero-order valence-corrected chi connectivity index (χ0v) is 23.4. The molecule has 0 aromatic heterocycles. The van der Waals surface area contributed by atoms with Crippen LogP contribution in [0.4, 0.5) is 0 Å². The fraction of sp³-hybridized carbons (Fsp3) is 0.857. The first-order valence-electron chi connectivity index (χ1n) is 13.9. The average molecular weight is 555 g/mol. The summed E-state index contributed by atoms with van der Waals surface area (Å²) in [5, 5.41) is 36.5. The highest BCUT2D eigenvalue weighted by Crippen LogP contribution is 2.70. The highest BCUT2D eigenvalue weighted by molar-refractivity contribution is 5.74. The van der Waals surface area contributed by atoms with E-state index in [0.717, 1.165) is 0 Å². The Morgan fingerprint density at radius 1 is 0.897 bits per heavy atom. The quantitative estimate of drug-likeness (QED) is 0.321. The smallest absolute Gasteiger partial charge is 0.309 e. The van der Waals surface area contributed by atoms with Crippen molar-refractivity contribution >= 4 is 23.9 Å². The van der Waals surface area contributed by atoms with E-state index in [0.29, 0.717) is 12.8 Å². The second-order valence-electron chi connectivity index (χ2n) is 12.2. The van der Waals surface area contributed by atoms with Gasteiger partial charge in [-0.25, -0.2) is 0 Å². The highest BCUT2D eigenvalue weighted by atomic mass is 16.6. The molecule has 0 unspecified atom stereocenters. The van der Waals surface area contributed by atoms with Crippen molar-refractivity contribution in [2.75, 3.05) is 13.2 Å². The lowest BCUT2D eigenvalue weighted by molar-refractivity contribution is -0.319. The standard InChI is InChI=1S/C28H42O11/c1-6-36-24(33)20-8-10-28(35)19-7-9-26(34)12-18(38-16(3)30)11-22(32)27(26,14-37-15(2)29)23(19)21(39-17(4)31)13-25(20,28)5/h18-23,32,34-35H,6-14H2,1-5H3/t18-,19-,20+,21-,22+,23-,25-,26+,27-,28+/m1/s1. The summed E-state index contributed by atoms with van der Waals surface area (Å²) >= 11 is 0. The van der Waals surface area contributed by atoms with Gasteiger partial charge in [0.25, 0.3) is 0 Å². The van der Waals surface area contributed by atoms with Gasteiger partial charge in [-0.2, -0.15) is 0 Å². The Kier molecular flexibility index (Phi) is 7.86. The maximum absolute atomic E-state index is 13.0. The van der Waals surface area contributed by atoms with E-state index in [2.05, 4.69) is 0 Å². The van der Waals surface area contributed by atoms with E-state index < -0.39 is 82.0 Å². The van der Waals surface area contributed by atoms with Crippen molar-refractivity contribution in [1.82, 2.24) is 0 Å². The van der Waals surface area contributed by atoms with Gasteiger partial charge in [0, 0.05) is 44.9 Å². The van der Waals surface area contributed by atoms with E-state index in [9.17, 15) is 34.5 Å². The minimum Gasteiger partial charge on any atom is -0.466 e. The normalized spacial score (nSPS) is 44.7. The van der Waals surface area contributed by atoms with Crippen LogP contribution in [0.3, 0.4) is 0 Å². The van der Waals surface area contributed by atoms with E-state index in [1.807, 2.05) is 6.92 Å². The fourth-order valence-electron chi connectivity index (χ4n) is 8.91. The van der Waals surface area contributed by atoms with Crippen LogP contribution in [0.5, 0.6) is 0 Å². The van der Waals surface area contributed by atoms with Gasteiger partial charge in [0.15, 0.2) is 0 Å². The van der Waals surface area contributed by atoms with E-state index in [1.165, 1.54) is 20.8 Å². The van der Waals surface area contributed by atoms with Gasteiger partial charge in [0.2, 0.25) is 0 Å². The van der Waals surface area contributed by atoms with Gasteiger partial charge in [-0.1, -0.05) is 6.92 Å². The molecular weight excluding hydrogens is 512 g/mol. The van der Waals surface area contributed by atoms with Crippen LogP contribution in [0, 0.1) is 28.6 Å². The Labute approximate surface area is 228 Å². The Morgan fingerprint density at radius 2 is 1.56 bits per heavy atom. The Bertz CT molecular complexity index is 1010. The Hall–Kier alpha value is -2.24. The van der Waals surface area contributed by atoms with Crippen LogP contribution in [0.2, 0.25) is 0 Å². The summed E-state index contributed by atoms with van der Waals surface area (Å²) < 4.78 is 22.1. The number of aliphatic hydroxyl groups excluding tert-OH is 1. The largest absolute Gasteiger partial charge is 0.466 e. The third kappa shape index (κ3) is 4.54. The van der Waals surface area contributed by atoms with Crippen molar-refractivity contribution < 1.29 is 53.4 Å². The van der Waals surface area contributed by atoms with Gasteiger partial charge < -0.3 is 34.3 Å². The SMILES string of the molecule is CCOC(=O)[C@@H]1CC[C@]2(O)[C@@H]3CC[C@]4(O)C[C@H](OC(C)=O)C[C@H](O)[C@]4(COC(C)=O)[C@H]3[C@H](OC(C)=O)C[C@]12C. The molecule has 11 nitrogen and oxygen atoms in total. The number of carbonyl (C=O) groups excluding carboxylic acids is 4. The molecule has 0 radical (unpaired) electrons. The van der Waals surface area contributed by atoms with Crippen LogP contribution in [-0.4, -0.2) is 81.9 Å². The van der Waals surface area contributed by atoms with E-state index in [-0.39, 0.29) is 45.3 Å². The number of hydrogen-bond acceptors (Lipinski definition) is 11. The lowest BCUT2D eigenvalue weighted by atomic mass is 9.40. The summed E-state index contributed by atoms with van der Waals surface area (Å²) in [6.45, 7) is 7.09. The molecule has 0 spiro atoms. The fourth-order valence-corrected chi connectivity index (χ4v) is 8.91. The van der Waals surface area contributed by atoms with Gasteiger partial charge >= 0.3 is 23.9 Å². The highest BCUT2D eigenvalue weighted by Gasteiger charge is 2.77. The molecule has 4 saturated carbocycles. The van der Waals surface area contributed by atoms with Crippen LogP contribution in [0.25, 0.3) is 0 Å². The molecule has 220 valence electrons. The molecular formula is C28H42O11.